The molecule has 0 saturated carbocycles. The monoisotopic (exact) mass is 555 g/mol. The normalized spacial score (nSPS) is 14.0. The van der Waals surface area contributed by atoms with Crippen molar-refractivity contribution in [2.45, 2.75) is 31.9 Å². The number of aliphatic hydroxyl groups is 1. The van der Waals surface area contributed by atoms with Gasteiger partial charge in [-0.05, 0) is 29.5 Å². The third-order valence-corrected chi connectivity index (χ3v) is 5.64. The van der Waals surface area contributed by atoms with Gasteiger partial charge in [0.1, 0.15) is 0 Å². The van der Waals surface area contributed by atoms with Gasteiger partial charge in [-0.2, -0.15) is 0 Å². The van der Waals surface area contributed by atoms with Crippen LogP contribution >= 0.6 is 0 Å². The third-order valence-electron chi connectivity index (χ3n) is 5.64. The Balaban J connectivity index is 0.000000562. The molecular weight excluding hydrogens is 531 g/mol. The molecule has 0 saturated heterocycles. The van der Waals surface area contributed by atoms with E-state index in [1.165, 1.54) is 43.8 Å². The minimum Gasteiger partial charge on any atom is -1.00 e. The van der Waals surface area contributed by atoms with E-state index in [2.05, 4.69) is 92.0 Å². The van der Waals surface area contributed by atoms with Crippen LogP contribution < -0.4 is 24.8 Å². The Morgan fingerprint density at radius 1 is 0.875 bits per heavy atom. The van der Waals surface area contributed by atoms with Crippen LogP contribution in [0, 0.1) is 0 Å². The topological polar surface area (TPSA) is 20.2 Å². The van der Waals surface area contributed by atoms with Crippen LogP contribution in [-0.2, 0) is 23.3 Å². The molecule has 1 N–H and O–H groups in total. The van der Waals surface area contributed by atoms with Crippen molar-refractivity contribution in [1.29, 1.82) is 0 Å². The molecule has 164 valence electrons. The first-order valence-electron chi connectivity index (χ1n) is 10.6. The van der Waals surface area contributed by atoms with Gasteiger partial charge in [0.25, 0.3) is 0 Å². The quantitative estimate of drug-likeness (QED) is 0.291. The predicted molar refractivity (Wildman–Crippen MR) is 127 cm³/mol. The van der Waals surface area contributed by atoms with Crippen molar-refractivity contribution in [3.8, 4) is 0 Å². The van der Waals surface area contributed by atoms with Gasteiger partial charge in [-0.25, -0.2) is 0 Å². The molecule has 4 aromatic rings. The van der Waals surface area contributed by atoms with E-state index >= 15 is 0 Å². The summed E-state index contributed by atoms with van der Waals surface area (Å²) in [5, 5.41) is 14.6. The molecule has 0 amide bonds. The molecule has 0 radical (unpaired) electrons. The van der Waals surface area contributed by atoms with Crippen molar-refractivity contribution in [3.05, 3.63) is 95.6 Å². The standard InChI is InChI=1S/C25H21O.C2H6Si.2ClH.Zr/c26-14-6-8-18-16-24(21-11-4-3-10-20(18)21)23-13-5-12-22-19-9-2-1-7-17(19)15-25(22)23;1-3-2;;;/h1-5,7,9-13,15-16,24,26H,6,8,14H2;1-2H3;2*1H;/q-1;;;;+2/p-2. The number of halogens is 2. The number of allylic oxidation sites excluding steroid dienone is 2. The van der Waals surface area contributed by atoms with Gasteiger partial charge in [0.2, 0.25) is 0 Å². The van der Waals surface area contributed by atoms with Gasteiger partial charge in [-0.3, -0.25) is 0 Å². The number of hydrogen-bond acceptors (Lipinski definition) is 1. The van der Waals surface area contributed by atoms with E-state index in [0.717, 1.165) is 12.8 Å². The zero-order chi connectivity index (χ0) is 21.1. The first kappa shape index (κ1) is 27.2. The molecule has 1 aliphatic carbocycles. The Morgan fingerprint density at radius 2 is 1.50 bits per heavy atom. The Kier molecular flexibility index (Phi) is 10.5. The summed E-state index contributed by atoms with van der Waals surface area (Å²) in [6, 6.07) is 26.4. The van der Waals surface area contributed by atoms with E-state index in [1.54, 1.807) is 23.3 Å². The van der Waals surface area contributed by atoms with Crippen molar-refractivity contribution < 1.29 is 53.3 Å². The molecule has 1 aliphatic rings. The predicted octanol–water partition coefficient (Wildman–Crippen LogP) is 0.806. The Morgan fingerprint density at radius 3 is 2.25 bits per heavy atom. The van der Waals surface area contributed by atoms with E-state index in [0.29, 0.717) is 5.92 Å². The van der Waals surface area contributed by atoms with Gasteiger partial charge >= 0.3 is 41.9 Å². The van der Waals surface area contributed by atoms with Gasteiger partial charge < -0.3 is 29.9 Å². The summed E-state index contributed by atoms with van der Waals surface area (Å²) >= 11 is 1.74. The molecule has 0 spiro atoms. The van der Waals surface area contributed by atoms with Crippen molar-refractivity contribution in [3.63, 3.8) is 0 Å². The molecule has 1 atom stereocenters. The second kappa shape index (κ2) is 12.4. The number of hydrogen-bond donors (Lipinski definition) is 1. The largest absolute Gasteiger partial charge is 1.00 e. The van der Waals surface area contributed by atoms with Crippen LogP contribution in [-0.4, -0.2) is 17.1 Å². The van der Waals surface area contributed by atoms with E-state index < -0.39 is 0 Å². The molecule has 4 aromatic carbocycles. The van der Waals surface area contributed by atoms with Crippen molar-refractivity contribution in [1.82, 2.24) is 0 Å². The Bertz CT molecular complexity index is 1240. The Hall–Kier alpha value is -1.09. The number of fused-ring (bicyclic) bond motifs is 4. The number of aliphatic hydroxyl groups excluding tert-OH is 1. The van der Waals surface area contributed by atoms with Crippen molar-refractivity contribution in [2.24, 2.45) is 0 Å². The van der Waals surface area contributed by atoms with Gasteiger partial charge in [0.05, 0.1) is 0 Å². The van der Waals surface area contributed by atoms with E-state index in [4.69, 9.17) is 0 Å². The maximum absolute atomic E-state index is 9.25. The summed E-state index contributed by atoms with van der Waals surface area (Å²) in [6.45, 7) is 4.86. The maximum atomic E-state index is 9.25. The summed E-state index contributed by atoms with van der Waals surface area (Å²) in [6.07, 6.45) is 4.16. The Labute approximate surface area is 218 Å². The number of rotatable bonds is 4. The SMILES string of the molecule is C[Si](C)=[Zr+2].OCCCC1=CC(c2cccc3c2[cH-]c2ccccc23)c2ccccc21.[Cl-].[Cl-]. The molecular formula is C27H27Cl2OSiZr-. The van der Waals surface area contributed by atoms with E-state index in [-0.39, 0.29) is 36.9 Å². The third kappa shape index (κ3) is 5.69. The first-order valence-corrected chi connectivity index (χ1v) is 16.8. The zero-order valence-corrected chi connectivity index (χ0v) is 23.4. The smallest absolute Gasteiger partial charge is 0.0434 e. The fourth-order valence-corrected chi connectivity index (χ4v) is 4.46. The fraction of sp³-hybridized carbons (Fsp3) is 0.222. The van der Waals surface area contributed by atoms with Crippen LogP contribution in [0.15, 0.2) is 78.9 Å². The van der Waals surface area contributed by atoms with Gasteiger partial charge in [0.15, 0.2) is 0 Å². The molecule has 0 heterocycles. The molecule has 5 rings (SSSR count). The van der Waals surface area contributed by atoms with Crippen LogP contribution in [0.2, 0.25) is 13.1 Å². The minimum atomic E-state index is 0. The molecule has 1 nitrogen and oxygen atoms in total. The van der Waals surface area contributed by atoms with Crippen LogP contribution in [0.5, 0.6) is 0 Å². The molecule has 5 heteroatoms. The van der Waals surface area contributed by atoms with E-state index in [9.17, 15) is 5.11 Å². The summed E-state index contributed by atoms with van der Waals surface area (Å²) in [5.74, 6) is 0.292. The van der Waals surface area contributed by atoms with Crippen LogP contribution in [0.4, 0.5) is 0 Å². The minimum absolute atomic E-state index is 0. The second-order valence-corrected chi connectivity index (χ2v) is 17.5. The maximum Gasteiger partial charge on any atom is 0.0434 e. The molecule has 0 fully saturated rings. The summed E-state index contributed by atoms with van der Waals surface area (Å²) in [5.41, 5.74) is 5.69. The van der Waals surface area contributed by atoms with Gasteiger partial charge in [-0.15, -0.1) is 33.7 Å². The number of benzene rings is 3. The summed E-state index contributed by atoms with van der Waals surface area (Å²) in [7, 11) is 0. The van der Waals surface area contributed by atoms with Crippen LogP contribution in [0.1, 0.15) is 35.4 Å². The first-order chi connectivity index (χ1) is 14.6. The van der Waals surface area contributed by atoms with Crippen LogP contribution in [0.3, 0.4) is 0 Å². The molecule has 1 unspecified atom stereocenters. The summed E-state index contributed by atoms with van der Waals surface area (Å²) < 4.78 is 0. The van der Waals surface area contributed by atoms with Crippen molar-refractivity contribution >= 4 is 32.6 Å². The average Bonchev–Trinajstić information content (AvgIpc) is 3.30. The molecule has 32 heavy (non-hydrogen) atoms. The van der Waals surface area contributed by atoms with Crippen molar-refractivity contribution in [2.75, 3.05) is 6.61 Å². The molecule has 0 aliphatic heterocycles. The zero-order valence-electron chi connectivity index (χ0n) is 18.4. The van der Waals surface area contributed by atoms with Gasteiger partial charge in [-0.1, -0.05) is 72.3 Å². The second-order valence-electron chi connectivity index (χ2n) is 8.12. The molecule has 0 aromatic heterocycles. The average molecular weight is 558 g/mol. The van der Waals surface area contributed by atoms with Crippen LogP contribution in [0.25, 0.3) is 27.1 Å². The van der Waals surface area contributed by atoms with Gasteiger partial charge in [0, 0.05) is 12.5 Å². The summed E-state index contributed by atoms with van der Waals surface area (Å²) in [4.78, 5) is 0. The van der Waals surface area contributed by atoms with E-state index in [1.807, 2.05) is 0 Å². The molecule has 0 bridgehead atoms. The fourth-order valence-electron chi connectivity index (χ4n) is 4.46.